The van der Waals surface area contributed by atoms with Gasteiger partial charge in [0.05, 0.1) is 10.9 Å². The van der Waals surface area contributed by atoms with E-state index in [1.54, 1.807) is 17.5 Å². The van der Waals surface area contributed by atoms with Crippen LogP contribution in [0.15, 0.2) is 18.5 Å². The zero-order valence-corrected chi connectivity index (χ0v) is 7.84. The quantitative estimate of drug-likeness (QED) is 0.791. The topological polar surface area (TPSA) is 37.8 Å². The average Bonchev–Trinajstić information content (AvgIpc) is 2.85. The smallest absolute Gasteiger partial charge is 0.184 e. The van der Waals surface area contributed by atoms with Crippen molar-refractivity contribution in [1.82, 2.24) is 9.97 Å². The van der Waals surface area contributed by atoms with Gasteiger partial charge < -0.3 is 5.32 Å². The highest BCUT2D eigenvalue weighted by Gasteiger charge is 2.22. The number of hydrogen-bond donors (Lipinski definition) is 1. The summed E-state index contributed by atoms with van der Waals surface area (Å²) in [5.74, 6) is 0. The summed E-state index contributed by atoms with van der Waals surface area (Å²) in [5.41, 5.74) is 0.996. The maximum absolute atomic E-state index is 4.44. The molecule has 0 aromatic carbocycles. The molecule has 1 N–H and O–H groups in total. The Balaban J connectivity index is 2.00. The minimum atomic E-state index is 0.675. The number of anilines is 1. The van der Waals surface area contributed by atoms with E-state index in [1.807, 2.05) is 12.3 Å². The molecule has 2 heterocycles. The number of fused-ring (bicyclic) bond motifs is 1. The number of pyridine rings is 1. The predicted octanol–water partition coefficient (Wildman–Crippen LogP) is 2.27. The Labute approximate surface area is 79.8 Å². The second-order valence-corrected chi connectivity index (χ2v) is 4.31. The average molecular weight is 191 g/mol. The lowest BCUT2D eigenvalue weighted by Crippen LogP contribution is -1.99. The molecule has 0 aliphatic heterocycles. The zero-order valence-electron chi connectivity index (χ0n) is 7.03. The molecule has 0 atom stereocenters. The first-order valence-corrected chi connectivity index (χ1v) is 5.20. The minimum Gasteiger partial charge on any atom is -0.359 e. The van der Waals surface area contributed by atoms with E-state index in [0.717, 1.165) is 10.6 Å². The molecule has 1 saturated carbocycles. The van der Waals surface area contributed by atoms with Gasteiger partial charge in [-0.1, -0.05) is 11.3 Å². The number of thiazole rings is 1. The Morgan fingerprint density at radius 2 is 2.38 bits per heavy atom. The third-order valence-corrected chi connectivity index (χ3v) is 3.06. The molecule has 0 bridgehead atoms. The molecular formula is C9H9N3S. The van der Waals surface area contributed by atoms with E-state index in [4.69, 9.17) is 0 Å². The summed E-state index contributed by atoms with van der Waals surface area (Å²) in [4.78, 5) is 8.48. The van der Waals surface area contributed by atoms with Crippen molar-refractivity contribution in [1.29, 1.82) is 0 Å². The van der Waals surface area contributed by atoms with E-state index in [9.17, 15) is 0 Å². The molecule has 3 nitrogen and oxygen atoms in total. The van der Waals surface area contributed by atoms with Crippen molar-refractivity contribution in [3.05, 3.63) is 18.5 Å². The predicted molar refractivity (Wildman–Crippen MR) is 54.1 cm³/mol. The Kier molecular flexibility index (Phi) is 1.49. The van der Waals surface area contributed by atoms with Gasteiger partial charge in [0, 0.05) is 12.2 Å². The van der Waals surface area contributed by atoms with Crippen LogP contribution in [-0.2, 0) is 0 Å². The third-order valence-electron chi connectivity index (χ3n) is 2.09. The van der Waals surface area contributed by atoms with Crippen molar-refractivity contribution in [2.45, 2.75) is 18.9 Å². The van der Waals surface area contributed by atoms with E-state index < -0.39 is 0 Å². The lowest BCUT2D eigenvalue weighted by atomic mass is 10.5. The Morgan fingerprint density at radius 3 is 3.15 bits per heavy atom. The normalized spacial score (nSPS) is 16.3. The lowest BCUT2D eigenvalue weighted by molar-refractivity contribution is 1.14. The van der Waals surface area contributed by atoms with E-state index in [0.29, 0.717) is 6.04 Å². The summed E-state index contributed by atoms with van der Waals surface area (Å²) in [5, 5.41) is 4.42. The number of rotatable bonds is 2. The van der Waals surface area contributed by atoms with Gasteiger partial charge in [-0.2, -0.15) is 0 Å². The van der Waals surface area contributed by atoms with Crippen LogP contribution in [0.25, 0.3) is 10.2 Å². The molecule has 66 valence electrons. The van der Waals surface area contributed by atoms with Gasteiger partial charge in [-0.05, 0) is 18.9 Å². The molecule has 1 fully saturated rings. The van der Waals surface area contributed by atoms with Crippen LogP contribution in [0.3, 0.4) is 0 Å². The fraction of sp³-hybridized carbons (Fsp3) is 0.333. The van der Waals surface area contributed by atoms with Crippen LogP contribution in [0.2, 0.25) is 0 Å². The second kappa shape index (κ2) is 2.67. The van der Waals surface area contributed by atoms with Crippen LogP contribution in [0, 0.1) is 0 Å². The fourth-order valence-electron chi connectivity index (χ4n) is 1.24. The Morgan fingerprint density at radius 1 is 1.46 bits per heavy atom. The van der Waals surface area contributed by atoms with Gasteiger partial charge >= 0.3 is 0 Å². The van der Waals surface area contributed by atoms with Gasteiger partial charge in [0.25, 0.3) is 0 Å². The van der Waals surface area contributed by atoms with E-state index >= 15 is 0 Å². The van der Waals surface area contributed by atoms with Crippen LogP contribution in [0.4, 0.5) is 5.13 Å². The van der Waals surface area contributed by atoms with Gasteiger partial charge in [-0.15, -0.1) is 0 Å². The van der Waals surface area contributed by atoms with E-state index in [2.05, 4.69) is 15.3 Å². The summed E-state index contributed by atoms with van der Waals surface area (Å²) in [6, 6.07) is 2.68. The lowest BCUT2D eigenvalue weighted by Gasteiger charge is -1.94. The summed E-state index contributed by atoms with van der Waals surface area (Å²) in [6.45, 7) is 0. The molecule has 0 radical (unpaired) electrons. The minimum absolute atomic E-state index is 0.675. The molecule has 0 spiro atoms. The molecule has 3 rings (SSSR count). The standard InChI is InChI=1S/C9H9N3S/c1-2-6(1)11-9-12-7-5-10-4-3-8(7)13-9/h3-6H,1-2H2,(H,11,12). The summed E-state index contributed by atoms with van der Waals surface area (Å²) >= 11 is 1.70. The number of aromatic nitrogens is 2. The van der Waals surface area contributed by atoms with Crippen molar-refractivity contribution < 1.29 is 0 Å². The third kappa shape index (κ3) is 1.37. The van der Waals surface area contributed by atoms with Gasteiger partial charge in [-0.25, -0.2) is 4.98 Å². The number of nitrogens with zero attached hydrogens (tertiary/aromatic N) is 2. The summed E-state index contributed by atoms with van der Waals surface area (Å²) in [7, 11) is 0. The summed E-state index contributed by atoms with van der Waals surface area (Å²) < 4.78 is 1.21. The largest absolute Gasteiger partial charge is 0.359 e. The number of nitrogens with one attached hydrogen (secondary N) is 1. The highest BCUT2D eigenvalue weighted by molar-refractivity contribution is 7.22. The Bertz CT molecular complexity index is 400. The molecule has 4 heteroatoms. The van der Waals surface area contributed by atoms with Crippen molar-refractivity contribution >= 4 is 26.7 Å². The van der Waals surface area contributed by atoms with E-state index in [1.165, 1.54) is 17.5 Å². The second-order valence-electron chi connectivity index (χ2n) is 3.28. The SMILES string of the molecule is c1cc2sc(NC3CC3)nc2cn1. The highest BCUT2D eigenvalue weighted by atomic mass is 32.1. The molecule has 13 heavy (non-hydrogen) atoms. The molecule has 0 amide bonds. The first-order chi connectivity index (χ1) is 6.42. The molecule has 1 aliphatic carbocycles. The number of hydrogen-bond acceptors (Lipinski definition) is 4. The van der Waals surface area contributed by atoms with Crippen molar-refractivity contribution in [2.75, 3.05) is 5.32 Å². The van der Waals surface area contributed by atoms with Gasteiger partial charge in [-0.3, -0.25) is 4.98 Å². The van der Waals surface area contributed by atoms with Crippen LogP contribution < -0.4 is 5.32 Å². The van der Waals surface area contributed by atoms with Crippen molar-refractivity contribution in [3.63, 3.8) is 0 Å². The Hall–Kier alpha value is -1.16. The van der Waals surface area contributed by atoms with Crippen LogP contribution in [0.1, 0.15) is 12.8 Å². The molecule has 0 saturated heterocycles. The first-order valence-electron chi connectivity index (χ1n) is 4.39. The van der Waals surface area contributed by atoms with E-state index in [-0.39, 0.29) is 0 Å². The van der Waals surface area contributed by atoms with Crippen LogP contribution in [0.5, 0.6) is 0 Å². The molecular weight excluding hydrogens is 182 g/mol. The zero-order chi connectivity index (χ0) is 8.67. The molecule has 2 aromatic heterocycles. The fourth-order valence-corrected chi connectivity index (χ4v) is 2.15. The van der Waals surface area contributed by atoms with Gasteiger partial charge in [0.15, 0.2) is 5.13 Å². The summed E-state index contributed by atoms with van der Waals surface area (Å²) in [6.07, 6.45) is 6.19. The maximum Gasteiger partial charge on any atom is 0.184 e. The molecule has 2 aromatic rings. The van der Waals surface area contributed by atoms with Crippen LogP contribution >= 0.6 is 11.3 Å². The molecule has 1 aliphatic rings. The maximum atomic E-state index is 4.44. The van der Waals surface area contributed by atoms with Crippen molar-refractivity contribution in [3.8, 4) is 0 Å². The van der Waals surface area contributed by atoms with Gasteiger partial charge in [0.2, 0.25) is 0 Å². The van der Waals surface area contributed by atoms with Gasteiger partial charge in [0.1, 0.15) is 5.52 Å². The highest BCUT2D eigenvalue weighted by Crippen LogP contribution is 2.30. The monoisotopic (exact) mass is 191 g/mol. The molecule has 0 unspecified atom stereocenters. The first kappa shape index (κ1) is 7.26. The van der Waals surface area contributed by atoms with Crippen molar-refractivity contribution in [2.24, 2.45) is 0 Å². The van der Waals surface area contributed by atoms with Crippen LogP contribution in [-0.4, -0.2) is 16.0 Å².